The van der Waals surface area contributed by atoms with Gasteiger partial charge in [-0.25, -0.2) is 9.60 Å². The van der Waals surface area contributed by atoms with Crippen LogP contribution in [0.25, 0.3) is 5.52 Å². The van der Waals surface area contributed by atoms with Gasteiger partial charge in [0.1, 0.15) is 30.4 Å². The number of aliphatic hydroxyl groups is 2. The largest absolute Gasteiger partial charge is 0.464 e. The predicted molar refractivity (Wildman–Crippen MR) is 122 cm³/mol. The second-order valence-corrected chi connectivity index (χ2v) is 10.5. The van der Waals surface area contributed by atoms with Crippen LogP contribution in [0.5, 0.6) is 0 Å². The lowest BCUT2D eigenvalue weighted by Gasteiger charge is -2.24. The Labute approximate surface area is 197 Å². The zero-order chi connectivity index (χ0) is 25.3. The molecule has 6 atom stereocenters. The van der Waals surface area contributed by atoms with Crippen LogP contribution >= 0.6 is 8.18 Å². The van der Waals surface area contributed by atoms with E-state index in [4.69, 9.17) is 19.7 Å². The third-order valence-corrected chi connectivity index (χ3v) is 6.40. The Morgan fingerprint density at radius 2 is 2.15 bits per heavy atom. The molecule has 34 heavy (non-hydrogen) atoms. The van der Waals surface area contributed by atoms with E-state index in [2.05, 4.69) is 10.2 Å². The van der Waals surface area contributed by atoms with Gasteiger partial charge in [-0.2, -0.15) is 10.4 Å². The van der Waals surface area contributed by atoms with Crippen LogP contribution in [0, 0.1) is 16.7 Å². The van der Waals surface area contributed by atoms with Crippen LogP contribution in [0.1, 0.15) is 33.4 Å². The number of anilines is 1. The van der Waals surface area contributed by atoms with Crippen molar-refractivity contribution in [3.63, 3.8) is 0 Å². The molecule has 0 bridgehead atoms. The summed E-state index contributed by atoms with van der Waals surface area (Å²) in [5.41, 5.74) is 4.83. The van der Waals surface area contributed by atoms with Crippen LogP contribution < -0.4 is 10.8 Å². The van der Waals surface area contributed by atoms with E-state index in [-0.39, 0.29) is 17.7 Å². The minimum Gasteiger partial charge on any atom is -0.464 e. The highest BCUT2D eigenvalue weighted by Gasteiger charge is 2.57. The first-order valence-corrected chi connectivity index (χ1v) is 12.0. The fourth-order valence-corrected chi connectivity index (χ4v) is 4.35. The number of hydrogen-bond acceptors (Lipinski definition) is 10. The Kier molecular flexibility index (Phi) is 7.67. The first kappa shape index (κ1) is 26.1. The molecule has 3 heterocycles. The number of fused-ring (bicyclic) bond motifs is 1. The quantitative estimate of drug-likeness (QED) is 0.299. The van der Waals surface area contributed by atoms with Crippen LogP contribution in [0.15, 0.2) is 24.4 Å². The third-order valence-electron chi connectivity index (χ3n) is 5.31. The highest BCUT2D eigenvalue weighted by molar-refractivity contribution is 7.36. The predicted octanol–water partition coefficient (Wildman–Crippen LogP) is 0.730. The van der Waals surface area contributed by atoms with Crippen molar-refractivity contribution in [3.05, 3.63) is 30.1 Å². The van der Waals surface area contributed by atoms with E-state index in [1.54, 1.807) is 12.1 Å². The highest BCUT2D eigenvalue weighted by Crippen LogP contribution is 2.41. The molecule has 13 heteroatoms. The molecule has 2 aromatic rings. The van der Waals surface area contributed by atoms with Crippen LogP contribution in [0.2, 0.25) is 0 Å². The van der Waals surface area contributed by atoms with E-state index in [9.17, 15) is 24.8 Å². The smallest absolute Gasteiger partial charge is 0.323 e. The minimum atomic E-state index is -2.94. The molecule has 0 saturated carbocycles. The molecule has 0 radical (unpaired) electrons. The number of nitrogen functional groups attached to an aromatic ring is 1. The summed E-state index contributed by atoms with van der Waals surface area (Å²) in [6.45, 7) is 7.01. The van der Waals surface area contributed by atoms with Gasteiger partial charge in [-0.05, 0) is 30.5 Å². The molecule has 2 aromatic heterocycles. The van der Waals surface area contributed by atoms with E-state index in [0.29, 0.717) is 11.2 Å². The maximum absolute atomic E-state index is 12.3. The fourth-order valence-electron chi connectivity index (χ4n) is 3.48. The molecular weight excluding hydrogens is 465 g/mol. The van der Waals surface area contributed by atoms with Gasteiger partial charge in [0.25, 0.3) is 8.18 Å². The van der Waals surface area contributed by atoms with Crippen molar-refractivity contribution in [1.82, 2.24) is 14.7 Å². The SMILES string of the molecule is C[C@H](N[PH](=O)OC[C@H]1O[C@@](C#N)(c2ccc3c(N)ccnn23)[C@H](O)[C@@H]1O)C(=O)OCC(C)(C)C. The van der Waals surface area contributed by atoms with Crippen molar-refractivity contribution in [2.45, 2.75) is 57.6 Å². The molecule has 1 saturated heterocycles. The zero-order valence-corrected chi connectivity index (χ0v) is 20.4. The normalized spacial score (nSPS) is 26.8. The molecule has 0 spiro atoms. The molecule has 1 unspecified atom stereocenters. The molecule has 0 aromatic carbocycles. The second kappa shape index (κ2) is 10.00. The molecular formula is C21H30N5O7P. The molecule has 12 nitrogen and oxygen atoms in total. The number of nitrogens with zero attached hydrogens (tertiary/aromatic N) is 3. The summed E-state index contributed by atoms with van der Waals surface area (Å²) in [4.78, 5) is 12.1. The average Bonchev–Trinajstić information content (AvgIpc) is 3.31. The molecule has 3 rings (SSSR count). The number of carbonyl (C=O) groups excluding carboxylic acids is 1. The summed E-state index contributed by atoms with van der Waals surface area (Å²) in [5, 5.41) is 37.8. The number of nitrogens with one attached hydrogen (secondary N) is 1. The molecule has 5 N–H and O–H groups in total. The van der Waals surface area contributed by atoms with E-state index in [0.717, 1.165) is 0 Å². The van der Waals surface area contributed by atoms with Gasteiger partial charge in [-0.1, -0.05) is 20.8 Å². The maximum atomic E-state index is 12.3. The number of esters is 1. The van der Waals surface area contributed by atoms with E-state index in [1.165, 1.54) is 23.7 Å². The van der Waals surface area contributed by atoms with Crippen LogP contribution in [0.3, 0.4) is 0 Å². The fraction of sp³-hybridized carbons (Fsp3) is 0.571. The standard InChI is InChI=1S/C21H30N5O7P/c1-12(19(29)31-11-20(2,3)4)25-34(30)32-9-15-17(27)18(28)21(10-22,33-15)16-6-5-14-13(23)7-8-24-26(14)16/h5-8,12,15,17-18,27-28,34H,9,11,23H2,1-4H3,(H,25,30)/t12-,15+,17+,18+,21-/m0/s1. The molecule has 0 aliphatic carbocycles. The number of nitrogens with two attached hydrogens (primary N) is 1. The summed E-state index contributed by atoms with van der Waals surface area (Å²) >= 11 is 0. The van der Waals surface area contributed by atoms with Crippen molar-refractivity contribution < 1.29 is 33.6 Å². The maximum Gasteiger partial charge on any atom is 0.323 e. The number of hydrogen-bond donors (Lipinski definition) is 4. The second-order valence-electron chi connectivity index (χ2n) is 9.37. The van der Waals surface area contributed by atoms with Gasteiger partial charge in [0, 0.05) is 6.20 Å². The summed E-state index contributed by atoms with van der Waals surface area (Å²) in [5.74, 6) is -0.583. The van der Waals surface area contributed by atoms with Gasteiger partial charge in [0.05, 0.1) is 30.1 Å². The molecule has 1 aliphatic heterocycles. The number of carbonyl (C=O) groups is 1. The molecule has 0 amide bonds. The first-order chi connectivity index (χ1) is 15.9. The summed E-state index contributed by atoms with van der Waals surface area (Å²) in [6.07, 6.45) is -2.91. The van der Waals surface area contributed by atoms with Crippen molar-refractivity contribution in [2.75, 3.05) is 18.9 Å². The number of rotatable bonds is 8. The van der Waals surface area contributed by atoms with Gasteiger partial charge >= 0.3 is 5.97 Å². The average molecular weight is 495 g/mol. The van der Waals surface area contributed by atoms with Crippen molar-refractivity contribution in [1.29, 1.82) is 5.26 Å². The first-order valence-electron chi connectivity index (χ1n) is 10.7. The topological polar surface area (TPSA) is 181 Å². The van der Waals surface area contributed by atoms with E-state index < -0.39 is 50.7 Å². The van der Waals surface area contributed by atoms with Gasteiger partial charge in [0.2, 0.25) is 5.60 Å². The van der Waals surface area contributed by atoms with Gasteiger partial charge in [0.15, 0.2) is 0 Å². The molecule has 1 fully saturated rings. The number of ether oxygens (including phenoxy) is 2. The Hall–Kier alpha value is -2.52. The Morgan fingerprint density at radius 3 is 2.79 bits per heavy atom. The van der Waals surface area contributed by atoms with Crippen LogP contribution in [0.4, 0.5) is 5.69 Å². The number of aromatic nitrogens is 2. The lowest BCUT2D eigenvalue weighted by atomic mass is 9.92. The number of nitriles is 1. The summed E-state index contributed by atoms with van der Waals surface area (Å²) in [7, 11) is -2.94. The monoisotopic (exact) mass is 495 g/mol. The van der Waals surface area contributed by atoms with E-state index >= 15 is 0 Å². The van der Waals surface area contributed by atoms with Gasteiger partial charge < -0.3 is 29.9 Å². The Balaban J connectivity index is 1.65. The third kappa shape index (κ3) is 5.25. The van der Waals surface area contributed by atoms with Crippen molar-refractivity contribution >= 4 is 25.4 Å². The lowest BCUT2D eigenvalue weighted by molar-refractivity contribution is -0.148. The van der Waals surface area contributed by atoms with Crippen LogP contribution in [-0.2, 0) is 29.0 Å². The highest BCUT2D eigenvalue weighted by atomic mass is 31.1. The summed E-state index contributed by atoms with van der Waals surface area (Å²) in [6, 6.07) is 5.76. The van der Waals surface area contributed by atoms with Gasteiger partial charge in [-0.15, -0.1) is 0 Å². The van der Waals surface area contributed by atoms with Gasteiger partial charge in [-0.3, -0.25) is 9.36 Å². The Bertz CT molecular complexity index is 1110. The molecule has 186 valence electrons. The summed E-state index contributed by atoms with van der Waals surface area (Å²) < 4.78 is 29.9. The Morgan fingerprint density at radius 1 is 1.44 bits per heavy atom. The van der Waals surface area contributed by atoms with Crippen LogP contribution in [-0.4, -0.2) is 63.4 Å². The van der Waals surface area contributed by atoms with Crippen molar-refractivity contribution in [2.24, 2.45) is 5.41 Å². The number of aliphatic hydroxyl groups excluding tert-OH is 2. The van der Waals surface area contributed by atoms with E-state index in [1.807, 2.05) is 26.8 Å². The minimum absolute atomic E-state index is 0.173. The lowest BCUT2D eigenvalue weighted by Crippen LogP contribution is -2.41. The zero-order valence-electron chi connectivity index (χ0n) is 19.4. The van der Waals surface area contributed by atoms with Crippen molar-refractivity contribution in [3.8, 4) is 6.07 Å². The molecule has 1 aliphatic rings.